The number of carbonyl (C=O) groups excluding carboxylic acids is 1. The van der Waals surface area contributed by atoms with Crippen LogP contribution < -0.4 is 5.32 Å². The van der Waals surface area contributed by atoms with Crippen LogP contribution >= 0.6 is 35.0 Å². The molecule has 4 rings (SSSR count). The Labute approximate surface area is 194 Å². The summed E-state index contributed by atoms with van der Waals surface area (Å²) in [7, 11) is 0. The number of benzene rings is 1. The number of nitrogens with one attached hydrogen (secondary N) is 1. The molecule has 0 aliphatic heterocycles. The van der Waals surface area contributed by atoms with Gasteiger partial charge in [0, 0.05) is 34.2 Å². The minimum atomic E-state index is -0.212. The summed E-state index contributed by atoms with van der Waals surface area (Å²) >= 11 is 13.8. The number of thioether (sulfide) groups is 1. The molecule has 2 aromatic heterocycles. The van der Waals surface area contributed by atoms with Gasteiger partial charge in [-0.25, -0.2) is 14.6 Å². The number of aromatic nitrogens is 5. The van der Waals surface area contributed by atoms with Crippen molar-refractivity contribution in [2.45, 2.75) is 55.5 Å². The third kappa shape index (κ3) is 5.75. The molecule has 1 fully saturated rings. The SMILES string of the molecule is O=C(NC1CCCCCC1)c1nnn(-c2cc(Cl)cc(Cl)c2)c1CSc1ncccn1. The second-order valence-corrected chi connectivity index (χ2v) is 9.22. The summed E-state index contributed by atoms with van der Waals surface area (Å²) in [5.41, 5.74) is 1.58. The molecule has 0 radical (unpaired) electrons. The first kappa shape index (κ1) is 22.0. The summed E-state index contributed by atoms with van der Waals surface area (Å²) < 4.78 is 1.61. The zero-order valence-corrected chi connectivity index (χ0v) is 19.1. The molecule has 162 valence electrons. The van der Waals surface area contributed by atoms with E-state index in [1.165, 1.54) is 24.6 Å². The van der Waals surface area contributed by atoms with Gasteiger partial charge in [-0.2, -0.15) is 0 Å². The fourth-order valence-corrected chi connectivity index (χ4v) is 4.96. The van der Waals surface area contributed by atoms with Crippen LogP contribution in [0.3, 0.4) is 0 Å². The highest BCUT2D eigenvalue weighted by Gasteiger charge is 2.24. The van der Waals surface area contributed by atoms with Crippen molar-refractivity contribution in [2.75, 3.05) is 0 Å². The van der Waals surface area contributed by atoms with Crippen LogP contribution in [0.4, 0.5) is 0 Å². The topological polar surface area (TPSA) is 85.6 Å². The van der Waals surface area contributed by atoms with Gasteiger partial charge in [-0.3, -0.25) is 4.79 Å². The van der Waals surface area contributed by atoms with Gasteiger partial charge in [-0.1, -0.05) is 65.9 Å². The quantitative estimate of drug-likeness (QED) is 0.302. The van der Waals surface area contributed by atoms with Crippen molar-refractivity contribution >= 4 is 40.9 Å². The molecule has 7 nitrogen and oxygen atoms in total. The van der Waals surface area contributed by atoms with Gasteiger partial charge in [-0.15, -0.1) is 5.10 Å². The van der Waals surface area contributed by atoms with E-state index in [1.54, 1.807) is 41.3 Å². The Morgan fingerprint density at radius 1 is 1.06 bits per heavy atom. The fourth-order valence-electron chi connectivity index (χ4n) is 3.65. The lowest BCUT2D eigenvalue weighted by atomic mass is 10.1. The highest BCUT2D eigenvalue weighted by molar-refractivity contribution is 7.98. The van der Waals surface area contributed by atoms with E-state index in [4.69, 9.17) is 23.2 Å². The Morgan fingerprint density at radius 2 is 1.74 bits per heavy atom. The monoisotopic (exact) mass is 476 g/mol. The first-order valence-corrected chi connectivity index (χ1v) is 12.0. The van der Waals surface area contributed by atoms with Crippen LogP contribution in [-0.2, 0) is 5.75 Å². The molecule has 1 N–H and O–H groups in total. The Morgan fingerprint density at radius 3 is 2.42 bits per heavy atom. The van der Waals surface area contributed by atoms with E-state index in [9.17, 15) is 4.79 Å². The van der Waals surface area contributed by atoms with Gasteiger partial charge in [0.25, 0.3) is 5.91 Å². The number of hydrogen-bond donors (Lipinski definition) is 1. The van der Waals surface area contributed by atoms with Gasteiger partial charge in [0.2, 0.25) is 0 Å². The van der Waals surface area contributed by atoms with E-state index < -0.39 is 0 Å². The predicted octanol–water partition coefficient (Wildman–Crippen LogP) is 5.11. The lowest BCUT2D eigenvalue weighted by Crippen LogP contribution is -2.35. The Balaban J connectivity index is 1.63. The largest absolute Gasteiger partial charge is 0.348 e. The van der Waals surface area contributed by atoms with Crippen molar-refractivity contribution in [3.8, 4) is 5.69 Å². The Bertz CT molecular complexity index is 1020. The first-order chi connectivity index (χ1) is 15.1. The summed E-state index contributed by atoms with van der Waals surface area (Å²) in [5, 5.41) is 13.2. The zero-order chi connectivity index (χ0) is 21.6. The van der Waals surface area contributed by atoms with Crippen LogP contribution in [0.25, 0.3) is 5.69 Å². The van der Waals surface area contributed by atoms with E-state index in [-0.39, 0.29) is 11.9 Å². The van der Waals surface area contributed by atoms with Gasteiger partial charge in [0.1, 0.15) is 0 Å². The first-order valence-electron chi connectivity index (χ1n) is 10.2. The molecule has 0 bridgehead atoms. The van der Waals surface area contributed by atoms with Gasteiger partial charge in [0.15, 0.2) is 10.9 Å². The summed E-state index contributed by atoms with van der Waals surface area (Å²) in [5.74, 6) is 0.199. The number of halogens is 2. The molecule has 31 heavy (non-hydrogen) atoms. The van der Waals surface area contributed by atoms with Crippen LogP contribution in [-0.4, -0.2) is 36.9 Å². The third-order valence-corrected chi connectivity index (χ3v) is 6.46. The predicted molar refractivity (Wildman–Crippen MR) is 122 cm³/mol. The van der Waals surface area contributed by atoms with Crippen molar-refractivity contribution in [1.82, 2.24) is 30.3 Å². The molecule has 1 aromatic carbocycles. The maximum absolute atomic E-state index is 13.1. The Kier molecular flexibility index (Phi) is 7.42. The standard InChI is InChI=1S/C21H22Cl2N6OS/c22-14-10-15(23)12-17(11-14)29-18(13-31-21-24-8-5-9-25-21)19(27-28-29)20(30)26-16-6-3-1-2-4-7-16/h5,8-12,16H,1-4,6-7,13H2,(H,26,30). The Hall–Kier alpha value is -2.16. The van der Waals surface area contributed by atoms with E-state index in [1.807, 2.05) is 0 Å². The average Bonchev–Trinajstić information content (AvgIpc) is 3.02. The number of nitrogens with zero attached hydrogens (tertiary/aromatic N) is 5. The number of carbonyl (C=O) groups is 1. The third-order valence-electron chi connectivity index (χ3n) is 5.14. The van der Waals surface area contributed by atoms with Gasteiger partial charge in [-0.05, 0) is 37.1 Å². The minimum Gasteiger partial charge on any atom is -0.348 e. The molecule has 0 spiro atoms. The maximum atomic E-state index is 13.1. The summed E-state index contributed by atoms with van der Waals surface area (Å²) in [6, 6.07) is 7.05. The van der Waals surface area contributed by atoms with Crippen molar-refractivity contribution in [3.63, 3.8) is 0 Å². The van der Waals surface area contributed by atoms with Crippen LogP contribution in [0.15, 0.2) is 41.8 Å². The zero-order valence-electron chi connectivity index (χ0n) is 16.8. The van der Waals surface area contributed by atoms with E-state index in [0.29, 0.717) is 38.0 Å². The summed E-state index contributed by atoms with van der Waals surface area (Å²) in [6.07, 6.45) is 10.0. The van der Waals surface area contributed by atoms with Crippen molar-refractivity contribution in [1.29, 1.82) is 0 Å². The van der Waals surface area contributed by atoms with Crippen molar-refractivity contribution in [3.05, 3.63) is 58.1 Å². The van der Waals surface area contributed by atoms with Crippen LogP contribution in [0.2, 0.25) is 10.0 Å². The lowest BCUT2D eigenvalue weighted by molar-refractivity contribution is 0.0927. The van der Waals surface area contributed by atoms with Crippen LogP contribution in [0.5, 0.6) is 0 Å². The normalized spacial score (nSPS) is 14.9. The van der Waals surface area contributed by atoms with Crippen molar-refractivity contribution < 1.29 is 4.79 Å². The maximum Gasteiger partial charge on any atom is 0.274 e. The molecular weight excluding hydrogens is 455 g/mol. The highest BCUT2D eigenvalue weighted by Crippen LogP contribution is 2.27. The summed E-state index contributed by atoms with van der Waals surface area (Å²) in [6.45, 7) is 0. The van der Waals surface area contributed by atoms with Gasteiger partial charge < -0.3 is 5.32 Å². The molecule has 1 saturated carbocycles. The van der Waals surface area contributed by atoms with Gasteiger partial charge >= 0.3 is 0 Å². The molecule has 10 heteroatoms. The lowest BCUT2D eigenvalue weighted by Gasteiger charge is -2.16. The molecule has 2 heterocycles. The number of amides is 1. The molecule has 1 aliphatic carbocycles. The number of hydrogen-bond acceptors (Lipinski definition) is 6. The fraction of sp³-hybridized carbons (Fsp3) is 0.381. The van der Waals surface area contributed by atoms with Crippen LogP contribution in [0, 0.1) is 0 Å². The molecular formula is C21H22Cl2N6OS. The van der Waals surface area contributed by atoms with E-state index in [0.717, 1.165) is 25.7 Å². The molecule has 1 amide bonds. The second-order valence-electron chi connectivity index (χ2n) is 7.41. The molecule has 0 atom stereocenters. The second kappa shape index (κ2) is 10.4. The molecule has 0 unspecified atom stereocenters. The van der Waals surface area contributed by atoms with Gasteiger partial charge in [0.05, 0.1) is 11.4 Å². The molecule has 3 aromatic rings. The average molecular weight is 477 g/mol. The smallest absolute Gasteiger partial charge is 0.274 e. The molecule has 0 saturated heterocycles. The van der Waals surface area contributed by atoms with Crippen molar-refractivity contribution in [2.24, 2.45) is 0 Å². The number of rotatable bonds is 6. The minimum absolute atomic E-state index is 0.165. The highest BCUT2D eigenvalue weighted by atomic mass is 35.5. The van der Waals surface area contributed by atoms with E-state index >= 15 is 0 Å². The summed E-state index contributed by atoms with van der Waals surface area (Å²) in [4.78, 5) is 21.6. The van der Waals surface area contributed by atoms with E-state index in [2.05, 4.69) is 25.6 Å². The molecule has 1 aliphatic rings. The van der Waals surface area contributed by atoms with Crippen LogP contribution in [0.1, 0.15) is 54.7 Å².